The van der Waals surface area contributed by atoms with Gasteiger partial charge in [-0.2, -0.15) is 0 Å². The molecule has 5 nitrogen and oxygen atoms in total. The van der Waals surface area contributed by atoms with Gasteiger partial charge in [0.1, 0.15) is 12.4 Å². The molecular formula is C15H21NO4. The Hall–Kier alpha value is -1.59. The summed E-state index contributed by atoms with van der Waals surface area (Å²) in [6.45, 7) is 8.14. The van der Waals surface area contributed by atoms with Crippen molar-refractivity contribution in [3.63, 3.8) is 0 Å². The Morgan fingerprint density at radius 1 is 1.40 bits per heavy atom. The third kappa shape index (κ3) is 3.71. The lowest BCUT2D eigenvalue weighted by Gasteiger charge is -2.41. The molecule has 0 bridgehead atoms. The Balaban J connectivity index is 1.82. The Kier molecular flexibility index (Phi) is 4.62. The standard InChI is InChI=1S/C15H21NO4/c1-15(2)11-19-9-7-16(15)8-10-20-13-5-3-12(4-6-13)14(17)18/h3-6H,7-11H2,1-2H3,(H,17,18). The number of hydrogen-bond acceptors (Lipinski definition) is 4. The Bertz CT molecular complexity index is 455. The zero-order valence-corrected chi connectivity index (χ0v) is 12.0. The van der Waals surface area contributed by atoms with Gasteiger partial charge in [0, 0.05) is 18.6 Å². The second kappa shape index (κ2) is 6.24. The van der Waals surface area contributed by atoms with E-state index in [1.54, 1.807) is 24.3 Å². The fraction of sp³-hybridized carbons (Fsp3) is 0.533. The fourth-order valence-corrected chi connectivity index (χ4v) is 2.27. The van der Waals surface area contributed by atoms with Crippen molar-refractivity contribution >= 4 is 5.97 Å². The number of carboxylic acid groups (broad SMARTS) is 1. The second-order valence-corrected chi connectivity index (χ2v) is 5.53. The first-order valence-electron chi connectivity index (χ1n) is 6.78. The largest absolute Gasteiger partial charge is 0.492 e. The molecule has 5 heteroatoms. The van der Waals surface area contributed by atoms with Gasteiger partial charge >= 0.3 is 5.97 Å². The van der Waals surface area contributed by atoms with Gasteiger partial charge in [0.25, 0.3) is 0 Å². The van der Waals surface area contributed by atoms with E-state index in [0.29, 0.717) is 12.4 Å². The number of carboxylic acids is 1. The molecule has 110 valence electrons. The van der Waals surface area contributed by atoms with E-state index >= 15 is 0 Å². The van der Waals surface area contributed by atoms with E-state index in [1.807, 2.05) is 0 Å². The van der Waals surface area contributed by atoms with Crippen molar-refractivity contribution in [1.29, 1.82) is 0 Å². The van der Waals surface area contributed by atoms with Crippen LogP contribution in [0.3, 0.4) is 0 Å². The van der Waals surface area contributed by atoms with Gasteiger partial charge in [-0.3, -0.25) is 4.90 Å². The SMILES string of the molecule is CC1(C)COCCN1CCOc1ccc(C(=O)O)cc1. The molecule has 1 aliphatic heterocycles. The Labute approximate surface area is 119 Å². The minimum Gasteiger partial charge on any atom is -0.492 e. The molecular weight excluding hydrogens is 258 g/mol. The maximum absolute atomic E-state index is 10.7. The number of carbonyl (C=O) groups is 1. The molecule has 1 saturated heterocycles. The summed E-state index contributed by atoms with van der Waals surface area (Å²) in [4.78, 5) is 13.1. The highest BCUT2D eigenvalue weighted by Gasteiger charge is 2.29. The predicted octanol–water partition coefficient (Wildman–Crippen LogP) is 1.87. The molecule has 0 amide bonds. The maximum Gasteiger partial charge on any atom is 0.335 e. The summed E-state index contributed by atoms with van der Waals surface area (Å²) >= 11 is 0. The average Bonchev–Trinajstić information content (AvgIpc) is 2.41. The monoisotopic (exact) mass is 279 g/mol. The van der Waals surface area contributed by atoms with Gasteiger partial charge in [-0.25, -0.2) is 4.79 Å². The number of morpholine rings is 1. The van der Waals surface area contributed by atoms with Gasteiger partial charge in [-0.1, -0.05) is 0 Å². The highest BCUT2D eigenvalue weighted by Crippen LogP contribution is 2.19. The van der Waals surface area contributed by atoms with E-state index in [1.165, 1.54) is 0 Å². The summed E-state index contributed by atoms with van der Waals surface area (Å²) in [6.07, 6.45) is 0. The molecule has 1 fully saturated rings. The maximum atomic E-state index is 10.7. The lowest BCUT2D eigenvalue weighted by atomic mass is 10.0. The summed E-state index contributed by atoms with van der Waals surface area (Å²) in [5, 5.41) is 8.82. The van der Waals surface area contributed by atoms with Crippen molar-refractivity contribution in [2.75, 3.05) is 32.9 Å². The first-order valence-corrected chi connectivity index (χ1v) is 6.78. The van der Waals surface area contributed by atoms with Crippen molar-refractivity contribution in [3.8, 4) is 5.75 Å². The van der Waals surface area contributed by atoms with Gasteiger partial charge in [0.2, 0.25) is 0 Å². The Morgan fingerprint density at radius 3 is 2.70 bits per heavy atom. The van der Waals surface area contributed by atoms with Crippen LogP contribution in [-0.4, -0.2) is 54.4 Å². The first-order chi connectivity index (χ1) is 9.49. The van der Waals surface area contributed by atoms with Crippen molar-refractivity contribution in [2.45, 2.75) is 19.4 Å². The average molecular weight is 279 g/mol. The summed E-state index contributed by atoms with van der Waals surface area (Å²) in [7, 11) is 0. The molecule has 1 heterocycles. The van der Waals surface area contributed by atoms with Crippen LogP contribution in [-0.2, 0) is 4.74 Å². The van der Waals surface area contributed by atoms with Gasteiger partial charge in [0.05, 0.1) is 18.8 Å². The second-order valence-electron chi connectivity index (χ2n) is 5.53. The quantitative estimate of drug-likeness (QED) is 0.891. The first kappa shape index (κ1) is 14.8. The summed E-state index contributed by atoms with van der Waals surface area (Å²) in [6, 6.07) is 6.48. The number of aromatic carboxylic acids is 1. The van der Waals surface area contributed by atoms with E-state index < -0.39 is 5.97 Å². The van der Waals surface area contributed by atoms with E-state index in [9.17, 15) is 4.79 Å². The van der Waals surface area contributed by atoms with E-state index in [4.69, 9.17) is 14.6 Å². The minimum atomic E-state index is -0.924. The lowest BCUT2D eigenvalue weighted by Crippen LogP contribution is -2.54. The van der Waals surface area contributed by atoms with Crippen LogP contribution in [0.15, 0.2) is 24.3 Å². The molecule has 1 aromatic carbocycles. The fourth-order valence-electron chi connectivity index (χ4n) is 2.27. The van der Waals surface area contributed by atoms with Gasteiger partial charge in [-0.05, 0) is 38.1 Å². The molecule has 0 atom stereocenters. The zero-order chi connectivity index (χ0) is 14.6. The number of benzene rings is 1. The third-order valence-corrected chi connectivity index (χ3v) is 3.55. The molecule has 0 spiro atoms. The van der Waals surface area contributed by atoms with Crippen LogP contribution in [0.25, 0.3) is 0 Å². The molecule has 20 heavy (non-hydrogen) atoms. The Morgan fingerprint density at radius 2 is 2.10 bits per heavy atom. The van der Waals surface area contributed by atoms with Crippen LogP contribution in [0.1, 0.15) is 24.2 Å². The summed E-state index contributed by atoms with van der Waals surface area (Å²) < 4.78 is 11.1. The van der Waals surface area contributed by atoms with Gasteiger partial charge < -0.3 is 14.6 Å². The highest BCUT2D eigenvalue weighted by atomic mass is 16.5. The summed E-state index contributed by atoms with van der Waals surface area (Å²) in [5.74, 6) is -0.229. The smallest absolute Gasteiger partial charge is 0.335 e. The van der Waals surface area contributed by atoms with Crippen molar-refractivity contribution in [2.24, 2.45) is 0 Å². The van der Waals surface area contributed by atoms with Crippen LogP contribution < -0.4 is 4.74 Å². The van der Waals surface area contributed by atoms with Crippen LogP contribution in [0, 0.1) is 0 Å². The van der Waals surface area contributed by atoms with E-state index in [-0.39, 0.29) is 11.1 Å². The molecule has 0 aromatic heterocycles. The van der Waals surface area contributed by atoms with Crippen LogP contribution >= 0.6 is 0 Å². The molecule has 0 radical (unpaired) electrons. The van der Waals surface area contributed by atoms with E-state index in [2.05, 4.69) is 18.7 Å². The topological polar surface area (TPSA) is 59.0 Å². The molecule has 0 aliphatic carbocycles. The van der Waals surface area contributed by atoms with Crippen molar-refractivity contribution < 1.29 is 19.4 Å². The predicted molar refractivity (Wildman–Crippen MR) is 75.4 cm³/mol. The molecule has 0 saturated carbocycles. The molecule has 1 N–H and O–H groups in total. The van der Waals surface area contributed by atoms with Crippen molar-refractivity contribution in [1.82, 2.24) is 4.90 Å². The lowest BCUT2D eigenvalue weighted by molar-refractivity contribution is -0.0547. The third-order valence-electron chi connectivity index (χ3n) is 3.55. The number of hydrogen-bond donors (Lipinski definition) is 1. The van der Waals surface area contributed by atoms with Gasteiger partial charge in [-0.15, -0.1) is 0 Å². The minimum absolute atomic E-state index is 0.0365. The summed E-state index contributed by atoms with van der Waals surface area (Å²) in [5.41, 5.74) is 0.307. The van der Waals surface area contributed by atoms with Gasteiger partial charge in [0.15, 0.2) is 0 Å². The normalized spacial score (nSPS) is 18.7. The number of rotatable bonds is 5. The molecule has 1 aromatic rings. The van der Waals surface area contributed by atoms with Crippen molar-refractivity contribution in [3.05, 3.63) is 29.8 Å². The zero-order valence-electron chi connectivity index (χ0n) is 12.0. The number of nitrogens with zero attached hydrogens (tertiary/aromatic N) is 1. The number of ether oxygens (including phenoxy) is 2. The van der Waals surface area contributed by atoms with Crippen LogP contribution in [0.4, 0.5) is 0 Å². The van der Waals surface area contributed by atoms with Crippen LogP contribution in [0.2, 0.25) is 0 Å². The van der Waals surface area contributed by atoms with E-state index in [0.717, 1.165) is 26.3 Å². The molecule has 0 unspecified atom stereocenters. The molecule has 1 aliphatic rings. The highest BCUT2D eigenvalue weighted by molar-refractivity contribution is 5.87. The molecule has 2 rings (SSSR count). The van der Waals surface area contributed by atoms with Crippen LogP contribution in [0.5, 0.6) is 5.75 Å².